The highest BCUT2D eigenvalue weighted by Crippen LogP contribution is 2.85. The highest BCUT2D eigenvalue weighted by molar-refractivity contribution is 9.43. The molecule has 0 bridgehead atoms. The topological polar surface area (TPSA) is 43.4 Å². The van der Waals surface area contributed by atoms with Gasteiger partial charge in [0.1, 0.15) is 55.0 Å². The van der Waals surface area contributed by atoms with Crippen molar-refractivity contribution in [1.29, 1.82) is 0 Å². The van der Waals surface area contributed by atoms with Crippen LogP contribution >= 0.6 is 653 Å². The molecule has 0 aromatic heterocycles. The van der Waals surface area contributed by atoms with Gasteiger partial charge in [0.05, 0.1) is 0 Å². The molecule has 0 heterocycles. The average Bonchev–Trinajstić information content (AvgIpc) is 3.05. The van der Waals surface area contributed by atoms with Gasteiger partial charge in [0.15, 0.2) is 5.38 Å². The Bertz CT molecular complexity index is 1820. The van der Waals surface area contributed by atoms with E-state index in [0.717, 1.165) is 0 Å². The van der Waals surface area contributed by atoms with E-state index in [9.17, 15) is 8.42 Å². The molecule has 0 aliphatic heterocycles. The van der Waals surface area contributed by atoms with Crippen LogP contribution in [-0.4, -0.2) is 72.2 Å². The van der Waals surface area contributed by atoms with Gasteiger partial charge in [0.25, 0.3) is 11.0 Å². The molecule has 0 aliphatic carbocycles. The summed E-state index contributed by atoms with van der Waals surface area (Å²) < 4.78 is 0.724. The van der Waals surface area contributed by atoms with E-state index in [0.29, 0.717) is 0 Å². The summed E-state index contributed by atoms with van der Waals surface area (Å²) in [7, 11) is -3.37. The fourth-order valence-electron chi connectivity index (χ4n) is 3.67. The van der Waals surface area contributed by atoms with E-state index in [4.69, 9.17) is 4.18 Å². The van der Waals surface area contributed by atoms with Crippen molar-refractivity contribution in [2.75, 3.05) is 0 Å². The Balaban J connectivity index is 8.01. The smallest absolute Gasteiger partial charge is 0.239 e. The van der Waals surface area contributed by atoms with Crippen molar-refractivity contribution in [2.45, 2.75) is 63.8 Å². The first-order valence-corrected chi connectivity index (χ1v) is 46.9. The summed E-state index contributed by atoms with van der Waals surface area (Å²) in [5, 5.41) is 0. The molecule has 0 spiro atoms. The molecule has 3 nitrogen and oxygen atoms in total. The highest BCUT2D eigenvalue weighted by Gasteiger charge is 2.85. The minimum Gasteiger partial charge on any atom is -0.239 e. The second-order valence-corrected chi connectivity index (χ2v) is 84.3. The van der Waals surface area contributed by atoms with E-state index < -0.39 is 74.8 Å². The lowest BCUT2D eigenvalue weighted by atomic mass is 10.0. The molecule has 0 N–H and O–H groups in total. The van der Waals surface area contributed by atoms with Gasteiger partial charge in [-0.25, -0.2) is 12.6 Å². The summed E-state index contributed by atoms with van der Waals surface area (Å²) in [6, 6.07) is 0. The van der Waals surface area contributed by atoms with Gasteiger partial charge in [-0.2, -0.15) is 0 Å². The molecule has 0 aromatic rings. The molecule has 0 aliphatic rings. The molecule has 392 valence electrons. The molecule has 45 heteroatoms. The lowest BCUT2D eigenvalue weighted by Crippen LogP contribution is -2.74. The second kappa shape index (κ2) is 27.7. The first kappa shape index (κ1) is 84.6. The molecule has 0 rings (SSSR count). The molecule has 0 saturated carbocycles. The maximum Gasteiger partial charge on any atom is 0.259 e. The number of thiol groups is 1. The zero-order valence-electron chi connectivity index (χ0n) is 27.2. The van der Waals surface area contributed by atoms with Crippen LogP contribution in [-0.2, 0) is 15.2 Å². The van der Waals surface area contributed by atoms with Crippen LogP contribution in [0.4, 0.5) is 0 Å². The Kier molecular flexibility index (Phi) is 36.0. The number of alkyl halides is 41. The number of halogens is 41. The SMILES string of the molecule is O=[SH](=O)OC(Br)(Br)C(Br)(Br)C(Br)(Br)C(Br)(Br)C(Br)(Br)C(Br)(Br)C(Br)(Br)C(Br)(Br)C(Br)(Br)C(Br)(Br)C(Br)(Br)C(Br)(Br)C(Br)(Br)C(Br)(Br)C(Br)(Br)C(Br)(Br)C(Br)(Br)C(Br)(Br)C(Br)(Br)C(Br)(Br)Br. The normalized spacial score (nSPS) is 17.3. The second-order valence-electron chi connectivity index (χ2n) is 11.7. The minimum absolute atomic E-state index is 0.947. The number of rotatable bonds is 20. The summed E-state index contributed by atoms with van der Waals surface area (Å²) in [5.74, 6) is 0. The lowest BCUT2D eigenvalue weighted by Gasteiger charge is -2.62. The average molecular weight is 3600 g/mol. The summed E-state index contributed by atoms with van der Waals surface area (Å²) >= 11 is 159. The van der Waals surface area contributed by atoms with Crippen molar-refractivity contribution in [3.63, 3.8) is 0 Å². The van der Waals surface area contributed by atoms with Crippen molar-refractivity contribution >= 4 is 664 Å². The van der Waals surface area contributed by atoms with Gasteiger partial charge in [0, 0.05) is 0 Å². The van der Waals surface area contributed by atoms with Crippen molar-refractivity contribution in [3.8, 4) is 0 Å². The molecule has 0 fully saturated rings. The minimum atomic E-state index is -3.37. The van der Waals surface area contributed by atoms with Gasteiger partial charge < -0.3 is 0 Å². The van der Waals surface area contributed by atoms with Gasteiger partial charge in [-0.1, -0.05) is 621 Å². The van der Waals surface area contributed by atoms with Crippen LogP contribution < -0.4 is 0 Å². The van der Waals surface area contributed by atoms with E-state index in [1.807, 2.05) is 0 Å². The number of hydrogen-bond donors (Lipinski definition) is 1. The van der Waals surface area contributed by atoms with Crippen LogP contribution in [0.2, 0.25) is 0 Å². The molecule has 0 aromatic carbocycles. The zero-order chi connectivity index (χ0) is 54.3. The lowest BCUT2D eigenvalue weighted by molar-refractivity contribution is 0.270. The van der Waals surface area contributed by atoms with E-state index in [1.165, 1.54) is 0 Å². The van der Waals surface area contributed by atoms with Gasteiger partial charge in [-0.3, -0.25) is 0 Å². The Morgan fingerprint density at radius 3 is 0.400 bits per heavy atom. The Labute approximate surface area is 721 Å². The fraction of sp³-hybridized carbons (Fsp3) is 1.00. The molecular formula is C20HBr41O3S. The van der Waals surface area contributed by atoms with Gasteiger partial charge >= 0.3 is 0 Å². The molecule has 0 unspecified atom stereocenters. The van der Waals surface area contributed by atoms with Crippen LogP contribution in [0.3, 0.4) is 0 Å². The molecular weight excluding hydrogens is 3600 g/mol. The van der Waals surface area contributed by atoms with Crippen molar-refractivity contribution < 1.29 is 12.6 Å². The third kappa shape index (κ3) is 14.5. The van der Waals surface area contributed by atoms with Crippen LogP contribution in [0.15, 0.2) is 0 Å². The molecule has 0 saturated heterocycles. The van der Waals surface area contributed by atoms with Gasteiger partial charge in [-0.05, 0) is 31.9 Å². The van der Waals surface area contributed by atoms with Crippen molar-refractivity contribution in [2.24, 2.45) is 0 Å². The van der Waals surface area contributed by atoms with E-state index >= 15 is 0 Å². The largest absolute Gasteiger partial charge is 0.259 e. The predicted molar refractivity (Wildman–Crippen MR) is 432 cm³/mol. The highest BCUT2D eigenvalue weighted by atomic mass is 80.0. The molecule has 0 radical (unpaired) electrons. The Morgan fingerprint density at radius 2 is 0.292 bits per heavy atom. The summed E-state index contributed by atoms with van der Waals surface area (Å²) in [6.45, 7) is 0. The predicted octanol–water partition coefficient (Wildman–Crippen LogP) is 29.6. The maximum atomic E-state index is 11.8. The molecule has 65 heavy (non-hydrogen) atoms. The first-order chi connectivity index (χ1) is 27.2. The first-order valence-electron chi connectivity index (χ1n) is 13.3. The number of hydrogen-bond acceptors (Lipinski definition) is 3. The van der Waals surface area contributed by atoms with Crippen LogP contribution in [0.1, 0.15) is 0 Å². The van der Waals surface area contributed by atoms with Crippen LogP contribution in [0.25, 0.3) is 0 Å². The van der Waals surface area contributed by atoms with E-state index in [1.54, 1.807) is 0 Å². The standard InChI is InChI=1S/C20HBr41O3S/c21-1(22,3(25,26)5(29,30)7(33,34)9(37,38)11(41,42)13(45,46)15(49,50)17(53,54)19(57,58)59)2(23,24)4(27,28)6(31,32)8(35,36)10(39,40)12(43,44)14(47,48)16(51,52)18(55,56)20(60,61)64-65(62)63/h65H. The fourth-order valence-corrected chi connectivity index (χ4v) is 46.5. The summed E-state index contributed by atoms with van der Waals surface area (Å²) in [4.78, 5) is 0. The Morgan fingerprint density at radius 1 is 0.185 bits per heavy atom. The molecule has 0 atom stereocenters. The van der Waals surface area contributed by atoms with Crippen LogP contribution in [0, 0.1) is 0 Å². The summed E-state index contributed by atoms with van der Waals surface area (Å²) in [5.41, 5.74) is 0. The Hall–Kier alpha value is 19.6. The van der Waals surface area contributed by atoms with E-state index in [2.05, 4.69) is 653 Å². The third-order valence-electron chi connectivity index (χ3n) is 7.61. The maximum absolute atomic E-state index is 11.8. The molecule has 0 amide bonds. The van der Waals surface area contributed by atoms with Crippen molar-refractivity contribution in [1.82, 2.24) is 0 Å². The van der Waals surface area contributed by atoms with Crippen molar-refractivity contribution in [3.05, 3.63) is 0 Å². The summed E-state index contributed by atoms with van der Waals surface area (Å²) in [6.07, 6.45) is 0. The zero-order valence-corrected chi connectivity index (χ0v) is 93.1. The van der Waals surface area contributed by atoms with E-state index in [-0.39, 0.29) is 0 Å². The third-order valence-corrected chi connectivity index (χ3v) is 96.1. The quantitative estimate of drug-likeness (QED) is 0.0976. The van der Waals surface area contributed by atoms with Gasteiger partial charge in [-0.15, -0.1) is 0 Å². The van der Waals surface area contributed by atoms with Crippen LogP contribution in [0.5, 0.6) is 0 Å². The monoisotopic (exact) mass is 3560 g/mol. The van der Waals surface area contributed by atoms with Gasteiger partial charge in [0.2, 0.25) is 3.42 Å².